The number of nitrogens with zero attached hydrogens (tertiary/aromatic N) is 3. The number of hydrogen-bond donors (Lipinski definition) is 2. The maximum Gasteiger partial charge on any atom is 0.246 e. The van der Waals surface area contributed by atoms with E-state index < -0.39 is 0 Å². The molecule has 1 amide bonds. The van der Waals surface area contributed by atoms with Crippen molar-refractivity contribution in [3.63, 3.8) is 0 Å². The van der Waals surface area contributed by atoms with Gasteiger partial charge in [0.2, 0.25) is 5.91 Å². The molecule has 4 rings (SSSR count). The van der Waals surface area contributed by atoms with Gasteiger partial charge in [-0.05, 0) is 36.8 Å². The number of benzene rings is 2. The molecule has 9 heteroatoms. The third-order valence-electron chi connectivity index (χ3n) is 5.78. The van der Waals surface area contributed by atoms with Crippen LogP contribution in [0.1, 0.15) is 12.5 Å². The lowest BCUT2D eigenvalue weighted by Crippen LogP contribution is -2.50. The van der Waals surface area contributed by atoms with Crippen molar-refractivity contribution in [1.82, 2.24) is 15.1 Å². The molecule has 7 nitrogen and oxygen atoms in total. The van der Waals surface area contributed by atoms with E-state index in [2.05, 4.69) is 49.7 Å². The Balaban J connectivity index is 0.00000306. The third kappa shape index (κ3) is 6.87. The zero-order chi connectivity index (χ0) is 22.3. The van der Waals surface area contributed by atoms with Crippen LogP contribution in [0.3, 0.4) is 0 Å². The first-order chi connectivity index (χ1) is 15.6. The first kappa shape index (κ1) is 25.4. The Labute approximate surface area is 211 Å². The molecule has 2 aliphatic heterocycles. The van der Waals surface area contributed by atoms with Crippen molar-refractivity contribution in [2.75, 3.05) is 44.6 Å². The van der Waals surface area contributed by atoms with Crippen LogP contribution in [0.4, 0.5) is 10.1 Å². The van der Waals surface area contributed by atoms with Gasteiger partial charge in [-0.15, -0.1) is 24.0 Å². The van der Waals surface area contributed by atoms with Crippen LogP contribution in [0.2, 0.25) is 0 Å². The minimum Gasteiger partial charge on any atom is -0.373 e. The van der Waals surface area contributed by atoms with Crippen molar-refractivity contribution in [3.8, 4) is 0 Å². The lowest BCUT2D eigenvalue weighted by atomic mass is 10.1. The van der Waals surface area contributed by atoms with Gasteiger partial charge in [0.1, 0.15) is 12.4 Å². The fourth-order valence-corrected chi connectivity index (χ4v) is 4.25. The predicted molar refractivity (Wildman–Crippen MR) is 138 cm³/mol. The summed E-state index contributed by atoms with van der Waals surface area (Å²) in [4.78, 5) is 21.5. The summed E-state index contributed by atoms with van der Waals surface area (Å²) in [5.74, 6) is 0.125. The fraction of sp³-hybridized carbons (Fsp3) is 0.417. The van der Waals surface area contributed by atoms with E-state index in [1.807, 2.05) is 13.0 Å². The molecule has 2 atom stereocenters. The van der Waals surface area contributed by atoms with Gasteiger partial charge in [0, 0.05) is 38.4 Å². The first-order valence-corrected chi connectivity index (χ1v) is 11.1. The number of ether oxygens (including phenoxy) is 1. The van der Waals surface area contributed by atoms with E-state index in [1.54, 1.807) is 0 Å². The van der Waals surface area contributed by atoms with Gasteiger partial charge < -0.3 is 20.3 Å². The maximum absolute atomic E-state index is 13.0. The zero-order valence-corrected chi connectivity index (χ0v) is 21.1. The zero-order valence-electron chi connectivity index (χ0n) is 18.7. The molecule has 2 aromatic rings. The highest BCUT2D eigenvalue weighted by molar-refractivity contribution is 14.0. The lowest BCUT2D eigenvalue weighted by molar-refractivity contribution is -0.114. The van der Waals surface area contributed by atoms with Crippen LogP contribution in [0.5, 0.6) is 0 Å². The summed E-state index contributed by atoms with van der Waals surface area (Å²) < 4.78 is 19.1. The number of hydrogen-bond acceptors (Lipinski definition) is 4. The van der Waals surface area contributed by atoms with E-state index in [9.17, 15) is 9.18 Å². The van der Waals surface area contributed by atoms with Gasteiger partial charge in [-0.1, -0.05) is 30.3 Å². The summed E-state index contributed by atoms with van der Waals surface area (Å²) in [6.07, 6.45) is 0.115. The Morgan fingerprint density at radius 2 is 1.91 bits per heavy atom. The van der Waals surface area contributed by atoms with Crippen LogP contribution in [0, 0.1) is 5.82 Å². The standard InChI is InChI=1S/C24H30FN5O2.HI/c1-2-26-24(27-14-23(31)28-20-10-8-19(25)9-11-20)30-16-21-22(17-30)32-13-12-29(21)15-18-6-4-3-5-7-18;/h3-11,21-22H,2,12-17H2,1H3,(H,26,27)(H,28,31);1H. The molecule has 0 saturated carbocycles. The smallest absolute Gasteiger partial charge is 0.246 e. The molecule has 0 spiro atoms. The Kier molecular flexibility index (Phi) is 9.45. The van der Waals surface area contributed by atoms with Gasteiger partial charge in [0.05, 0.1) is 18.8 Å². The summed E-state index contributed by atoms with van der Waals surface area (Å²) in [7, 11) is 0. The van der Waals surface area contributed by atoms with Crippen LogP contribution in [0.25, 0.3) is 0 Å². The van der Waals surface area contributed by atoms with Gasteiger partial charge in [-0.3, -0.25) is 9.69 Å². The topological polar surface area (TPSA) is 69.2 Å². The highest BCUT2D eigenvalue weighted by Gasteiger charge is 2.41. The number of amides is 1. The van der Waals surface area contributed by atoms with Gasteiger partial charge in [0.15, 0.2) is 5.96 Å². The van der Waals surface area contributed by atoms with Gasteiger partial charge in [0.25, 0.3) is 0 Å². The molecule has 33 heavy (non-hydrogen) atoms. The third-order valence-corrected chi connectivity index (χ3v) is 5.78. The molecule has 2 N–H and O–H groups in total. The van der Waals surface area contributed by atoms with E-state index in [0.717, 1.165) is 32.8 Å². The summed E-state index contributed by atoms with van der Waals surface area (Å²) in [6.45, 7) is 6.75. The molecule has 178 valence electrons. The second-order valence-corrected chi connectivity index (χ2v) is 8.06. The summed E-state index contributed by atoms with van der Waals surface area (Å²) in [5.41, 5.74) is 1.85. The number of rotatable bonds is 6. The minimum atomic E-state index is -0.338. The Hall–Kier alpha value is -2.24. The summed E-state index contributed by atoms with van der Waals surface area (Å²) >= 11 is 0. The second-order valence-electron chi connectivity index (χ2n) is 8.06. The molecular formula is C24H31FIN5O2. The Morgan fingerprint density at radius 3 is 2.64 bits per heavy atom. The number of fused-ring (bicyclic) bond motifs is 1. The highest BCUT2D eigenvalue weighted by Crippen LogP contribution is 2.24. The van der Waals surface area contributed by atoms with Crippen LogP contribution in [-0.2, 0) is 16.1 Å². The van der Waals surface area contributed by atoms with Crippen LogP contribution < -0.4 is 10.6 Å². The number of aliphatic imine (C=N–C) groups is 1. The molecule has 2 unspecified atom stereocenters. The van der Waals surface area contributed by atoms with Gasteiger partial charge in [-0.2, -0.15) is 0 Å². The number of halogens is 2. The molecule has 2 saturated heterocycles. The van der Waals surface area contributed by atoms with Gasteiger partial charge >= 0.3 is 0 Å². The van der Waals surface area contributed by atoms with Crippen LogP contribution >= 0.6 is 24.0 Å². The largest absolute Gasteiger partial charge is 0.373 e. The van der Waals surface area contributed by atoms with E-state index in [0.29, 0.717) is 18.2 Å². The molecule has 2 aliphatic rings. The molecule has 0 aliphatic carbocycles. The van der Waals surface area contributed by atoms with E-state index in [1.165, 1.54) is 29.8 Å². The summed E-state index contributed by atoms with van der Waals surface area (Å²) in [6, 6.07) is 16.5. The van der Waals surface area contributed by atoms with Crippen molar-refractivity contribution < 1.29 is 13.9 Å². The maximum atomic E-state index is 13.0. The normalized spacial score (nSPS) is 20.7. The minimum absolute atomic E-state index is 0. The van der Waals surface area contributed by atoms with Crippen LogP contribution in [0.15, 0.2) is 59.6 Å². The van der Waals surface area contributed by atoms with E-state index >= 15 is 0 Å². The lowest BCUT2D eigenvalue weighted by Gasteiger charge is -2.36. The molecule has 2 aromatic carbocycles. The molecule has 0 radical (unpaired) electrons. The molecular weight excluding hydrogens is 536 g/mol. The number of carbonyl (C=O) groups is 1. The molecule has 2 fully saturated rings. The number of guanidine groups is 1. The highest BCUT2D eigenvalue weighted by atomic mass is 127. The number of morpholine rings is 1. The fourth-order valence-electron chi connectivity index (χ4n) is 4.25. The molecule has 0 aromatic heterocycles. The Bertz CT molecular complexity index is 928. The Morgan fingerprint density at radius 1 is 1.15 bits per heavy atom. The quantitative estimate of drug-likeness (QED) is 0.320. The summed E-state index contributed by atoms with van der Waals surface area (Å²) in [5, 5.41) is 6.05. The number of likely N-dealkylation sites (tertiary alicyclic amines) is 1. The van der Waals surface area contributed by atoms with Crippen LogP contribution in [-0.4, -0.2) is 73.1 Å². The molecule has 0 bridgehead atoms. The predicted octanol–water partition coefficient (Wildman–Crippen LogP) is 2.93. The average Bonchev–Trinajstić information content (AvgIpc) is 3.24. The van der Waals surface area contributed by atoms with Crippen molar-refractivity contribution in [2.45, 2.75) is 25.6 Å². The van der Waals surface area contributed by atoms with E-state index in [-0.39, 0.29) is 54.4 Å². The number of carbonyl (C=O) groups excluding carboxylic acids is 1. The van der Waals surface area contributed by atoms with Crippen molar-refractivity contribution in [1.29, 1.82) is 0 Å². The van der Waals surface area contributed by atoms with Crippen molar-refractivity contribution in [3.05, 3.63) is 66.0 Å². The van der Waals surface area contributed by atoms with Crippen molar-refractivity contribution in [2.24, 2.45) is 4.99 Å². The molecule has 2 heterocycles. The number of nitrogens with one attached hydrogen (secondary N) is 2. The monoisotopic (exact) mass is 567 g/mol. The SMILES string of the molecule is CCNC(=NCC(=O)Nc1ccc(F)cc1)N1CC2OCCN(Cc3ccccc3)C2C1.I. The average molecular weight is 567 g/mol. The second kappa shape index (κ2) is 12.3. The first-order valence-electron chi connectivity index (χ1n) is 11.1. The number of anilines is 1. The van der Waals surface area contributed by atoms with Gasteiger partial charge in [-0.25, -0.2) is 9.38 Å². The van der Waals surface area contributed by atoms with E-state index in [4.69, 9.17) is 4.74 Å². The van der Waals surface area contributed by atoms with Crippen molar-refractivity contribution >= 4 is 41.5 Å².